The van der Waals surface area contributed by atoms with Gasteiger partial charge in [0, 0.05) is 6.54 Å². The third-order valence-electron chi connectivity index (χ3n) is 1.62. The van der Waals surface area contributed by atoms with Crippen LogP contribution in [0, 0.1) is 12.3 Å². The van der Waals surface area contributed by atoms with Gasteiger partial charge in [0.1, 0.15) is 0 Å². The Hall–Kier alpha value is -1.05. The predicted octanol–water partition coefficient (Wildman–Crippen LogP) is -0.177. The van der Waals surface area contributed by atoms with Crippen LogP contribution in [0.5, 0.6) is 0 Å². The summed E-state index contributed by atoms with van der Waals surface area (Å²) in [6.45, 7) is 2.14. The van der Waals surface area contributed by atoms with Crippen LogP contribution in [0.25, 0.3) is 0 Å². The molecule has 0 aromatic rings. The summed E-state index contributed by atoms with van der Waals surface area (Å²) < 4.78 is 0. The van der Waals surface area contributed by atoms with E-state index < -0.39 is 12.1 Å². The average Bonchev–Trinajstić information content (AvgIpc) is 2.05. The summed E-state index contributed by atoms with van der Waals surface area (Å²) in [6.07, 6.45) is 4.79. The minimum atomic E-state index is -1.01. The molecule has 4 heteroatoms. The molecule has 0 aromatic carbocycles. The Morgan fingerprint density at radius 3 is 2.69 bits per heavy atom. The molecular formula is C9H15NO3. The van der Waals surface area contributed by atoms with Crippen molar-refractivity contribution in [2.45, 2.75) is 31.9 Å². The van der Waals surface area contributed by atoms with E-state index in [9.17, 15) is 4.79 Å². The molecule has 0 saturated carbocycles. The molecule has 0 spiro atoms. The van der Waals surface area contributed by atoms with Crippen LogP contribution in [-0.4, -0.2) is 34.9 Å². The summed E-state index contributed by atoms with van der Waals surface area (Å²) in [7, 11) is 0. The molecule has 0 amide bonds. The van der Waals surface area contributed by atoms with E-state index in [0.29, 0.717) is 0 Å². The minimum Gasteiger partial charge on any atom is -0.481 e. The van der Waals surface area contributed by atoms with Crippen molar-refractivity contribution in [3.63, 3.8) is 0 Å². The lowest BCUT2D eigenvalue weighted by Crippen LogP contribution is -2.35. The third-order valence-corrected chi connectivity index (χ3v) is 1.62. The molecule has 0 fully saturated rings. The fourth-order valence-electron chi connectivity index (χ4n) is 0.873. The number of terminal acetylenes is 1. The molecule has 2 atom stereocenters. The van der Waals surface area contributed by atoms with Gasteiger partial charge in [0.2, 0.25) is 0 Å². The van der Waals surface area contributed by atoms with Crippen LogP contribution in [-0.2, 0) is 4.79 Å². The fourth-order valence-corrected chi connectivity index (χ4v) is 0.873. The topological polar surface area (TPSA) is 69.6 Å². The number of aliphatic hydroxyl groups excluding tert-OH is 1. The van der Waals surface area contributed by atoms with Gasteiger partial charge in [-0.15, -0.1) is 6.42 Å². The number of carbonyl (C=O) groups is 1. The number of hydrogen-bond donors (Lipinski definition) is 3. The van der Waals surface area contributed by atoms with Gasteiger partial charge in [0.25, 0.3) is 0 Å². The summed E-state index contributed by atoms with van der Waals surface area (Å²) in [5.74, 6) is 1.48. The smallest absolute Gasteiger partial charge is 0.306 e. The molecule has 0 rings (SSSR count). The summed E-state index contributed by atoms with van der Waals surface area (Å²) in [6, 6.07) is -0.0940. The maximum atomic E-state index is 10.2. The fraction of sp³-hybridized carbons (Fsp3) is 0.667. The SMILES string of the molecule is C#CC(CC)NCC(O)CC(=O)O. The molecule has 0 aliphatic rings. The molecule has 0 aromatic heterocycles. The number of aliphatic carboxylic acids is 1. The minimum absolute atomic E-state index is 0.0940. The molecule has 0 radical (unpaired) electrons. The number of aliphatic hydroxyl groups is 1. The van der Waals surface area contributed by atoms with Gasteiger partial charge < -0.3 is 15.5 Å². The normalized spacial score (nSPS) is 14.5. The molecule has 3 N–H and O–H groups in total. The molecule has 13 heavy (non-hydrogen) atoms. The van der Waals surface area contributed by atoms with Crippen molar-refractivity contribution in [1.29, 1.82) is 0 Å². The van der Waals surface area contributed by atoms with Gasteiger partial charge in [-0.25, -0.2) is 0 Å². The van der Waals surface area contributed by atoms with Gasteiger partial charge in [0.15, 0.2) is 0 Å². The molecule has 0 aliphatic heterocycles. The highest BCUT2D eigenvalue weighted by Gasteiger charge is 2.10. The van der Waals surface area contributed by atoms with Crippen LogP contribution in [0.3, 0.4) is 0 Å². The first-order chi connectivity index (χ1) is 6.10. The zero-order valence-electron chi connectivity index (χ0n) is 7.66. The summed E-state index contributed by atoms with van der Waals surface area (Å²) in [5, 5.41) is 20.4. The first-order valence-corrected chi connectivity index (χ1v) is 4.19. The maximum Gasteiger partial charge on any atom is 0.306 e. The standard InChI is InChI=1S/C9H15NO3/c1-3-7(4-2)10-6-8(11)5-9(12)13/h1,7-8,10-11H,4-6H2,2H3,(H,12,13). The van der Waals surface area contributed by atoms with Gasteiger partial charge in [-0.2, -0.15) is 0 Å². The van der Waals surface area contributed by atoms with Crippen molar-refractivity contribution in [3.8, 4) is 12.3 Å². The van der Waals surface area contributed by atoms with Gasteiger partial charge in [-0.3, -0.25) is 4.79 Å². The third kappa shape index (κ3) is 6.14. The van der Waals surface area contributed by atoms with Crippen LogP contribution in [0.4, 0.5) is 0 Å². The van der Waals surface area contributed by atoms with Gasteiger partial charge >= 0.3 is 5.97 Å². The van der Waals surface area contributed by atoms with Crippen molar-refractivity contribution in [2.75, 3.05) is 6.54 Å². The predicted molar refractivity (Wildman–Crippen MR) is 49.2 cm³/mol. The quantitative estimate of drug-likeness (QED) is 0.502. The summed E-state index contributed by atoms with van der Waals surface area (Å²) in [5.41, 5.74) is 0. The van der Waals surface area contributed by atoms with Crippen LogP contribution in [0.1, 0.15) is 19.8 Å². The van der Waals surface area contributed by atoms with E-state index >= 15 is 0 Å². The van der Waals surface area contributed by atoms with Crippen molar-refractivity contribution >= 4 is 5.97 Å². The number of carboxylic acids is 1. The second kappa shape index (κ2) is 6.46. The van der Waals surface area contributed by atoms with Gasteiger partial charge in [-0.05, 0) is 6.42 Å². The Bertz CT molecular complexity index is 198. The Labute approximate surface area is 78.0 Å². The zero-order valence-corrected chi connectivity index (χ0v) is 7.66. The Kier molecular flexibility index (Phi) is 5.94. The van der Waals surface area contributed by atoms with E-state index in [-0.39, 0.29) is 19.0 Å². The zero-order chi connectivity index (χ0) is 10.3. The number of hydrogen-bond acceptors (Lipinski definition) is 3. The summed E-state index contributed by atoms with van der Waals surface area (Å²) in [4.78, 5) is 10.2. The lowest BCUT2D eigenvalue weighted by atomic mass is 10.2. The Morgan fingerprint density at radius 1 is 1.69 bits per heavy atom. The highest BCUT2D eigenvalue weighted by Crippen LogP contribution is 1.92. The Morgan fingerprint density at radius 2 is 2.31 bits per heavy atom. The second-order valence-electron chi connectivity index (χ2n) is 2.79. The molecule has 74 valence electrons. The molecule has 2 unspecified atom stereocenters. The largest absolute Gasteiger partial charge is 0.481 e. The first kappa shape index (κ1) is 11.9. The highest BCUT2D eigenvalue weighted by molar-refractivity contribution is 5.67. The molecule has 0 aliphatic carbocycles. The van der Waals surface area contributed by atoms with Crippen molar-refractivity contribution in [3.05, 3.63) is 0 Å². The average molecular weight is 185 g/mol. The molecular weight excluding hydrogens is 170 g/mol. The van der Waals surface area contributed by atoms with E-state index in [4.69, 9.17) is 16.6 Å². The molecule has 4 nitrogen and oxygen atoms in total. The number of rotatable bonds is 6. The molecule has 0 saturated heterocycles. The van der Waals surface area contributed by atoms with Crippen molar-refractivity contribution in [1.82, 2.24) is 5.32 Å². The second-order valence-corrected chi connectivity index (χ2v) is 2.79. The van der Waals surface area contributed by atoms with E-state index in [1.54, 1.807) is 0 Å². The van der Waals surface area contributed by atoms with E-state index in [0.717, 1.165) is 6.42 Å². The summed E-state index contributed by atoms with van der Waals surface area (Å²) >= 11 is 0. The molecule has 0 bridgehead atoms. The molecule has 0 heterocycles. The Balaban J connectivity index is 3.63. The van der Waals surface area contributed by atoms with E-state index in [2.05, 4.69) is 11.2 Å². The van der Waals surface area contributed by atoms with Crippen molar-refractivity contribution < 1.29 is 15.0 Å². The lowest BCUT2D eigenvalue weighted by molar-refractivity contribution is -0.139. The number of nitrogens with one attached hydrogen (secondary N) is 1. The van der Waals surface area contributed by atoms with Gasteiger partial charge in [0.05, 0.1) is 18.6 Å². The first-order valence-electron chi connectivity index (χ1n) is 4.19. The van der Waals surface area contributed by atoms with E-state index in [1.165, 1.54) is 0 Å². The van der Waals surface area contributed by atoms with Crippen LogP contribution >= 0.6 is 0 Å². The van der Waals surface area contributed by atoms with Gasteiger partial charge in [-0.1, -0.05) is 12.8 Å². The highest BCUT2D eigenvalue weighted by atomic mass is 16.4. The van der Waals surface area contributed by atoms with Crippen LogP contribution in [0.15, 0.2) is 0 Å². The van der Waals surface area contributed by atoms with Crippen LogP contribution in [0.2, 0.25) is 0 Å². The lowest BCUT2D eigenvalue weighted by Gasteiger charge is -2.13. The maximum absolute atomic E-state index is 10.2. The monoisotopic (exact) mass is 185 g/mol. The van der Waals surface area contributed by atoms with Crippen molar-refractivity contribution in [2.24, 2.45) is 0 Å². The number of carboxylic acid groups (broad SMARTS) is 1. The van der Waals surface area contributed by atoms with E-state index in [1.807, 2.05) is 6.92 Å². The van der Waals surface area contributed by atoms with Crippen LogP contribution < -0.4 is 5.32 Å².